The van der Waals surface area contributed by atoms with Gasteiger partial charge in [0.25, 0.3) is 0 Å². The maximum atomic E-state index is 11.0. The lowest BCUT2D eigenvalue weighted by molar-refractivity contribution is -0.119. The number of methoxy groups -OCH3 is 1. The highest BCUT2D eigenvalue weighted by Crippen LogP contribution is 2.14. The van der Waals surface area contributed by atoms with Crippen LogP contribution in [0.4, 0.5) is 5.69 Å². The van der Waals surface area contributed by atoms with Crippen molar-refractivity contribution >= 4 is 11.6 Å². The second-order valence-electron chi connectivity index (χ2n) is 2.53. The first-order valence-electron chi connectivity index (χ1n) is 3.80. The van der Waals surface area contributed by atoms with E-state index in [0.29, 0.717) is 5.69 Å². The standard InChI is InChI=1S/C9H11NO3/c1-13-6-9(12)10-7-3-2-4-8(11)5-7/h2-5,11H,6H2,1H3,(H,10,12). The Bertz CT molecular complexity index is 299. The minimum Gasteiger partial charge on any atom is -0.508 e. The number of phenolic OH excluding ortho intramolecular Hbond substituents is 1. The van der Waals surface area contributed by atoms with Gasteiger partial charge in [0.05, 0.1) is 0 Å². The van der Waals surface area contributed by atoms with Gasteiger partial charge in [-0.3, -0.25) is 4.79 Å². The summed E-state index contributed by atoms with van der Waals surface area (Å²) in [5.41, 5.74) is 0.557. The lowest BCUT2D eigenvalue weighted by Gasteiger charge is -2.03. The second kappa shape index (κ2) is 4.47. The molecule has 0 atom stereocenters. The Kier molecular flexibility index (Phi) is 3.28. The molecule has 0 unspecified atom stereocenters. The third-order valence-corrected chi connectivity index (χ3v) is 1.41. The van der Waals surface area contributed by atoms with E-state index >= 15 is 0 Å². The van der Waals surface area contributed by atoms with Gasteiger partial charge in [0.1, 0.15) is 12.4 Å². The van der Waals surface area contributed by atoms with Gasteiger partial charge in [-0.1, -0.05) is 6.07 Å². The van der Waals surface area contributed by atoms with Gasteiger partial charge < -0.3 is 15.2 Å². The Morgan fingerprint density at radius 2 is 2.38 bits per heavy atom. The van der Waals surface area contributed by atoms with Crippen molar-refractivity contribution in [3.8, 4) is 5.75 Å². The molecule has 4 heteroatoms. The number of aromatic hydroxyl groups is 1. The number of carbonyl (C=O) groups excluding carboxylic acids is 1. The van der Waals surface area contributed by atoms with E-state index in [-0.39, 0.29) is 18.3 Å². The molecule has 70 valence electrons. The Balaban J connectivity index is 2.58. The lowest BCUT2D eigenvalue weighted by atomic mass is 10.3. The molecule has 1 amide bonds. The molecule has 1 aromatic carbocycles. The minimum absolute atomic E-state index is 0.00958. The summed E-state index contributed by atoms with van der Waals surface area (Å²) in [5, 5.41) is 11.6. The van der Waals surface area contributed by atoms with E-state index in [9.17, 15) is 4.79 Å². The van der Waals surface area contributed by atoms with Gasteiger partial charge in [0, 0.05) is 18.9 Å². The second-order valence-corrected chi connectivity index (χ2v) is 2.53. The Hall–Kier alpha value is -1.55. The zero-order valence-electron chi connectivity index (χ0n) is 7.28. The van der Waals surface area contributed by atoms with Crippen molar-refractivity contribution in [3.63, 3.8) is 0 Å². The maximum absolute atomic E-state index is 11.0. The number of anilines is 1. The van der Waals surface area contributed by atoms with Crippen LogP contribution < -0.4 is 5.32 Å². The fourth-order valence-corrected chi connectivity index (χ4v) is 0.912. The zero-order chi connectivity index (χ0) is 9.68. The van der Waals surface area contributed by atoms with E-state index < -0.39 is 0 Å². The van der Waals surface area contributed by atoms with Crippen LogP contribution in [0.5, 0.6) is 5.75 Å². The van der Waals surface area contributed by atoms with E-state index in [4.69, 9.17) is 5.11 Å². The molecule has 0 heterocycles. The topological polar surface area (TPSA) is 58.6 Å². The van der Waals surface area contributed by atoms with Crippen molar-refractivity contribution in [2.75, 3.05) is 19.0 Å². The molecule has 0 spiro atoms. The van der Waals surface area contributed by atoms with Crippen LogP contribution >= 0.6 is 0 Å². The summed E-state index contributed by atoms with van der Waals surface area (Å²) in [4.78, 5) is 11.0. The number of hydrogen-bond donors (Lipinski definition) is 2. The summed E-state index contributed by atoms with van der Waals surface area (Å²) in [6.07, 6.45) is 0. The number of hydrogen-bond acceptors (Lipinski definition) is 3. The third kappa shape index (κ3) is 3.13. The molecule has 0 saturated heterocycles. The molecule has 4 nitrogen and oxygen atoms in total. The Morgan fingerprint density at radius 3 is 3.00 bits per heavy atom. The highest BCUT2D eigenvalue weighted by Gasteiger charge is 2.00. The molecule has 0 aliphatic heterocycles. The summed E-state index contributed by atoms with van der Waals surface area (Å²) in [6, 6.07) is 6.34. The van der Waals surface area contributed by atoms with Gasteiger partial charge in [0.15, 0.2) is 0 Å². The number of phenols is 1. The molecule has 0 saturated carbocycles. The van der Waals surface area contributed by atoms with Crippen LogP contribution in [-0.4, -0.2) is 24.7 Å². The van der Waals surface area contributed by atoms with Crippen molar-refractivity contribution in [3.05, 3.63) is 24.3 Å². The van der Waals surface area contributed by atoms with Crippen LogP contribution in [0.1, 0.15) is 0 Å². The van der Waals surface area contributed by atoms with Gasteiger partial charge in [-0.2, -0.15) is 0 Å². The maximum Gasteiger partial charge on any atom is 0.250 e. The smallest absolute Gasteiger partial charge is 0.250 e. The van der Waals surface area contributed by atoms with Crippen LogP contribution in [0, 0.1) is 0 Å². The molecule has 1 aromatic rings. The van der Waals surface area contributed by atoms with Crippen LogP contribution in [0.25, 0.3) is 0 Å². The zero-order valence-corrected chi connectivity index (χ0v) is 7.28. The average molecular weight is 181 g/mol. The molecule has 0 bridgehead atoms. The van der Waals surface area contributed by atoms with E-state index in [1.54, 1.807) is 12.1 Å². The highest BCUT2D eigenvalue weighted by molar-refractivity contribution is 5.91. The van der Waals surface area contributed by atoms with Crippen LogP contribution in [-0.2, 0) is 9.53 Å². The van der Waals surface area contributed by atoms with E-state index in [1.165, 1.54) is 19.2 Å². The number of carbonyl (C=O) groups is 1. The van der Waals surface area contributed by atoms with E-state index in [2.05, 4.69) is 10.1 Å². The SMILES string of the molecule is COCC(=O)Nc1cccc(O)c1. The van der Waals surface area contributed by atoms with E-state index in [1.807, 2.05) is 0 Å². The van der Waals surface area contributed by atoms with Crippen LogP contribution in [0.2, 0.25) is 0 Å². The summed E-state index contributed by atoms with van der Waals surface area (Å²) in [6.45, 7) is 0.00958. The molecule has 0 aromatic heterocycles. The minimum atomic E-state index is -0.242. The molecule has 0 fully saturated rings. The number of benzene rings is 1. The first-order valence-corrected chi connectivity index (χ1v) is 3.80. The average Bonchev–Trinajstić information content (AvgIpc) is 2.04. The first kappa shape index (κ1) is 9.54. The molecule has 1 rings (SSSR count). The van der Waals surface area contributed by atoms with Crippen molar-refractivity contribution in [2.45, 2.75) is 0 Å². The fourth-order valence-electron chi connectivity index (χ4n) is 0.912. The molecular weight excluding hydrogens is 170 g/mol. The Morgan fingerprint density at radius 1 is 1.62 bits per heavy atom. The molecule has 2 N–H and O–H groups in total. The number of amides is 1. The highest BCUT2D eigenvalue weighted by atomic mass is 16.5. The number of ether oxygens (including phenoxy) is 1. The summed E-state index contributed by atoms with van der Waals surface area (Å²) in [7, 11) is 1.45. The summed E-state index contributed by atoms with van der Waals surface area (Å²) < 4.78 is 4.63. The van der Waals surface area contributed by atoms with Gasteiger partial charge in [-0.25, -0.2) is 0 Å². The first-order chi connectivity index (χ1) is 6.22. The fraction of sp³-hybridized carbons (Fsp3) is 0.222. The molecule has 0 radical (unpaired) electrons. The quantitative estimate of drug-likeness (QED) is 0.730. The van der Waals surface area contributed by atoms with E-state index in [0.717, 1.165) is 0 Å². The van der Waals surface area contributed by atoms with Crippen molar-refractivity contribution in [2.24, 2.45) is 0 Å². The molecule has 13 heavy (non-hydrogen) atoms. The molecule has 0 aliphatic rings. The molecular formula is C9H11NO3. The van der Waals surface area contributed by atoms with Crippen LogP contribution in [0.3, 0.4) is 0 Å². The van der Waals surface area contributed by atoms with Crippen molar-refractivity contribution in [1.29, 1.82) is 0 Å². The number of nitrogens with one attached hydrogen (secondary N) is 1. The van der Waals surface area contributed by atoms with Gasteiger partial charge in [-0.05, 0) is 12.1 Å². The molecule has 0 aliphatic carbocycles. The van der Waals surface area contributed by atoms with Crippen molar-refractivity contribution < 1.29 is 14.6 Å². The van der Waals surface area contributed by atoms with Crippen molar-refractivity contribution in [1.82, 2.24) is 0 Å². The summed E-state index contributed by atoms with van der Waals surface area (Å²) in [5.74, 6) is -0.122. The number of rotatable bonds is 3. The summed E-state index contributed by atoms with van der Waals surface area (Å²) >= 11 is 0. The predicted octanol–water partition coefficient (Wildman–Crippen LogP) is 0.977. The largest absolute Gasteiger partial charge is 0.508 e. The Labute approximate surface area is 76.1 Å². The monoisotopic (exact) mass is 181 g/mol. The lowest BCUT2D eigenvalue weighted by Crippen LogP contribution is -2.16. The third-order valence-electron chi connectivity index (χ3n) is 1.41. The van der Waals surface area contributed by atoms with Gasteiger partial charge in [-0.15, -0.1) is 0 Å². The van der Waals surface area contributed by atoms with Gasteiger partial charge in [0.2, 0.25) is 5.91 Å². The van der Waals surface area contributed by atoms with Gasteiger partial charge >= 0.3 is 0 Å². The normalized spacial score (nSPS) is 9.62. The van der Waals surface area contributed by atoms with Crippen LogP contribution in [0.15, 0.2) is 24.3 Å². The predicted molar refractivity (Wildman–Crippen MR) is 48.6 cm³/mol.